The Balaban J connectivity index is 3.26. The van der Waals surface area contributed by atoms with Crippen molar-refractivity contribution in [1.82, 2.24) is 9.80 Å². The number of unbranched alkanes of at least 4 members (excludes halogenated alkanes) is 1. The summed E-state index contributed by atoms with van der Waals surface area (Å²) < 4.78 is 0. The quantitative estimate of drug-likeness (QED) is 0.484. The summed E-state index contributed by atoms with van der Waals surface area (Å²) >= 11 is 4.82. The molecule has 0 radical (unpaired) electrons. The number of hydrogen-bond donors (Lipinski definition) is 1. The van der Waals surface area contributed by atoms with E-state index in [1.807, 2.05) is 0 Å². The molecule has 3 nitrogen and oxygen atoms in total. The first-order chi connectivity index (χ1) is 6.52. The molecule has 0 aromatic carbocycles. The Morgan fingerprint density at radius 2 is 1.71 bits per heavy atom. The third-order valence-corrected chi connectivity index (χ3v) is 2.35. The highest BCUT2D eigenvalue weighted by atomic mass is 32.1. The van der Waals surface area contributed by atoms with Crippen molar-refractivity contribution < 1.29 is 0 Å². The Kier molecular flexibility index (Phi) is 8.04. The molecule has 0 aromatic rings. The van der Waals surface area contributed by atoms with Gasteiger partial charge < -0.3 is 15.5 Å². The van der Waals surface area contributed by atoms with Crippen LogP contribution in [0.25, 0.3) is 0 Å². The maximum absolute atomic E-state index is 5.42. The number of rotatable bonds is 8. The summed E-state index contributed by atoms with van der Waals surface area (Å²) in [5, 5.41) is 0. The molecule has 0 fully saturated rings. The van der Waals surface area contributed by atoms with E-state index < -0.39 is 0 Å². The Bertz CT molecular complexity index is 159. The molecule has 84 valence electrons. The summed E-state index contributed by atoms with van der Waals surface area (Å²) in [6.45, 7) is 3.38. The van der Waals surface area contributed by atoms with Crippen molar-refractivity contribution in [3.8, 4) is 0 Å². The van der Waals surface area contributed by atoms with Crippen LogP contribution in [-0.2, 0) is 0 Å². The highest BCUT2D eigenvalue weighted by Crippen LogP contribution is 1.97. The van der Waals surface area contributed by atoms with Gasteiger partial charge in [0, 0.05) is 13.1 Å². The zero-order valence-electron chi connectivity index (χ0n) is 9.62. The smallest absolute Gasteiger partial charge is 0.0727 e. The van der Waals surface area contributed by atoms with Gasteiger partial charge >= 0.3 is 0 Å². The van der Waals surface area contributed by atoms with Crippen molar-refractivity contribution in [2.24, 2.45) is 5.73 Å². The minimum atomic E-state index is 0.640. The summed E-state index contributed by atoms with van der Waals surface area (Å²) in [5.41, 5.74) is 5.42. The molecule has 0 saturated heterocycles. The fourth-order valence-corrected chi connectivity index (χ4v) is 1.31. The van der Waals surface area contributed by atoms with E-state index in [1.165, 1.54) is 6.42 Å². The van der Waals surface area contributed by atoms with Crippen molar-refractivity contribution in [2.45, 2.75) is 19.3 Å². The number of thiocarbonyl (C=S) groups is 1. The average Bonchev–Trinajstić information content (AvgIpc) is 2.08. The van der Waals surface area contributed by atoms with Gasteiger partial charge in [-0.2, -0.15) is 0 Å². The molecule has 0 aliphatic rings. The van der Waals surface area contributed by atoms with Crippen LogP contribution in [0.2, 0.25) is 0 Å². The zero-order chi connectivity index (χ0) is 11.0. The van der Waals surface area contributed by atoms with Crippen LogP contribution in [-0.4, -0.2) is 55.6 Å². The van der Waals surface area contributed by atoms with Gasteiger partial charge in [0.2, 0.25) is 0 Å². The molecule has 2 N–H and O–H groups in total. The molecule has 14 heavy (non-hydrogen) atoms. The average molecular weight is 217 g/mol. The first-order valence-corrected chi connectivity index (χ1v) is 5.54. The molecule has 0 saturated carbocycles. The third-order valence-electron chi connectivity index (χ3n) is 2.14. The molecule has 0 bridgehead atoms. The largest absolute Gasteiger partial charge is 0.393 e. The molecule has 0 unspecified atom stereocenters. The van der Waals surface area contributed by atoms with Gasteiger partial charge in [0.15, 0.2) is 0 Å². The number of likely N-dealkylation sites (N-methyl/N-ethyl adjacent to an activating group) is 2. The highest BCUT2D eigenvalue weighted by molar-refractivity contribution is 7.80. The van der Waals surface area contributed by atoms with Crippen molar-refractivity contribution in [1.29, 1.82) is 0 Å². The topological polar surface area (TPSA) is 32.5 Å². The summed E-state index contributed by atoms with van der Waals surface area (Å²) in [6.07, 6.45) is 3.18. The molecular weight excluding hydrogens is 194 g/mol. The second-order valence-electron chi connectivity index (χ2n) is 4.03. The van der Waals surface area contributed by atoms with E-state index in [9.17, 15) is 0 Å². The van der Waals surface area contributed by atoms with Crippen LogP contribution < -0.4 is 5.73 Å². The molecule has 0 aromatic heterocycles. The van der Waals surface area contributed by atoms with Gasteiger partial charge in [-0.1, -0.05) is 12.2 Å². The minimum absolute atomic E-state index is 0.640. The fourth-order valence-electron chi connectivity index (χ4n) is 1.16. The lowest BCUT2D eigenvalue weighted by Gasteiger charge is -2.18. The zero-order valence-corrected chi connectivity index (χ0v) is 10.4. The van der Waals surface area contributed by atoms with E-state index >= 15 is 0 Å². The SMILES string of the molecule is CN(C)CCN(C)CCCCC(N)=S. The van der Waals surface area contributed by atoms with E-state index in [2.05, 4.69) is 30.9 Å². The van der Waals surface area contributed by atoms with Crippen LogP contribution >= 0.6 is 12.2 Å². The van der Waals surface area contributed by atoms with Crippen LogP contribution in [0.3, 0.4) is 0 Å². The number of nitrogens with two attached hydrogens (primary N) is 1. The van der Waals surface area contributed by atoms with Gasteiger partial charge in [0.1, 0.15) is 0 Å². The minimum Gasteiger partial charge on any atom is -0.393 e. The molecule has 0 aliphatic carbocycles. The Hall–Kier alpha value is -0.190. The van der Waals surface area contributed by atoms with Gasteiger partial charge in [-0.15, -0.1) is 0 Å². The lowest BCUT2D eigenvalue weighted by Crippen LogP contribution is -2.29. The van der Waals surface area contributed by atoms with Crippen LogP contribution in [0.1, 0.15) is 19.3 Å². The normalized spacial score (nSPS) is 11.2. The van der Waals surface area contributed by atoms with Gasteiger partial charge in [-0.05, 0) is 47.0 Å². The predicted octanol–water partition coefficient (Wildman–Crippen LogP) is 0.936. The lowest BCUT2D eigenvalue weighted by molar-refractivity contribution is 0.278. The van der Waals surface area contributed by atoms with Crippen molar-refractivity contribution in [2.75, 3.05) is 40.8 Å². The number of nitrogens with zero attached hydrogens (tertiary/aromatic N) is 2. The molecule has 4 heteroatoms. The van der Waals surface area contributed by atoms with Gasteiger partial charge in [0.05, 0.1) is 4.99 Å². The Labute approximate surface area is 93.2 Å². The summed E-state index contributed by atoms with van der Waals surface area (Å²) in [6, 6.07) is 0. The Morgan fingerprint density at radius 1 is 1.07 bits per heavy atom. The number of hydrogen-bond acceptors (Lipinski definition) is 3. The van der Waals surface area contributed by atoms with Crippen LogP contribution in [0.4, 0.5) is 0 Å². The molecule has 0 amide bonds. The van der Waals surface area contributed by atoms with E-state index in [0.717, 1.165) is 32.5 Å². The molecule has 0 heterocycles. The van der Waals surface area contributed by atoms with E-state index in [0.29, 0.717) is 4.99 Å². The lowest BCUT2D eigenvalue weighted by atomic mass is 10.2. The highest BCUT2D eigenvalue weighted by Gasteiger charge is 1.99. The van der Waals surface area contributed by atoms with E-state index in [4.69, 9.17) is 18.0 Å². The summed E-state index contributed by atoms with van der Waals surface area (Å²) in [7, 11) is 6.35. The van der Waals surface area contributed by atoms with Gasteiger partial charge in [-0.25, -0.2) is 0 Å². The standard InChI is InChI=1S/C10H23N3S/c1-12(2)8-9-13(3)7-5-4-6-10(11)14/h4-9H2,1-3H3,(H2,11,14). The van der Waals surface area contributed by atoms with E-state index in [-0.39, 0.29) is 0 Å². The van der Waals surface area contributed by atoms with E-state index in [1.54, 1.807) is 0 Å². The predicted molar refractivity (Wildman–Crippen MR) is 66.7 cm³/mol. The molecule has 0 aliphatic heterocycles. The van der Waals surface area contributed by atoms with Crippen LogP contribution in [0.5, 0.6) is 0 Å². The second-order valence-corrected chi connectivity index (χ2v) is 4.55. The maximum Gasteiger partial charge on any atom is 0.0727 e. The Morgan fingerprint density at radius 3 is 2.21 bits per heavy atom. The molecular formula is C10H23N3S. The fraction of sp³-hybridized carbons (Fsp3) is 0.900. The van der Waals surface area contributed by atoms with Crippen LogP contribution in [0.15, 0.2) is 0 Å². The molecule has 0 atom stereocenters. The maximum atomic E-state index is 5.42. The summed E-state index contributed by atoms with van der Waals surface area (Å²) in [4.78, 5) is 5.19. The first kappa shape index (κ1) is 13.8. The third kappa shape index (κ3) is 9.89. The van der Waals surface area contributed by atoms with Gasteiger partial charge in [0.25, 0.3) is 0 Å². The molecule has 0 spiro atoms. The first-order valence-electron chi connectivity index (χ1n) is 5.14. The van der Waals surface area contributed by atoms with Crippen molar-refractivity contribution >= 4 is 17.2 Å². The monoisotopic (exact) mass is 217 g/mol. The van der Waals surface area contributed by atoms with Crippen molar-refractivity contribution in [3.63, 3.8) is 0 Å². The van der Waals surface area contributed by atoms with Gasteiger partial charge in [-0.3, -0.25) is 0 Å². The second kappa shape index (κ2) is 8.15. The van der Waals surface area contributed by atoms with Crippen LogP contribution in [0, 0.1) is 0 Å². The van der Waals surface area contributed by atoms with Crippen molar-refractivity contribution in [3.05, 3.63) is 0 Å². The molecule has 0 rings (SSSR count). The summed E-state index contributed by atoms with van der Waals surface area (Å²) in [5.74, 6) is 0.